The van der Waals surface area contributed by atoms with Gasteiger partial charge in [0.05, 0.1) is 0 Å². The van der Waals surface area contributed by atoms with Gasteiger partial charge in [0.1, 0.15) is 22.2 Å². The number of rotatable bonds is 3. The lowest BCUT2D eigenvalue weighted by molar-refractivity contribution is 0.990. The predicted molar refractivity (Wildman–Crippen MR) is 62.9 cm³/mol. The molecule has 0 amide bonds. The maximum absolute atomic E-state index is 5.35. The Balaban J connectivity index is 2.28. The number of anilines is 1. The van der Waals surface area contributed by atoms with E-state index in [9.17, 15) is 0 Å². The average molecular weight is 233 g/mol. The smallest absolute Gasteiger partial charge is 0.147 e. The second kappa shape index (κ2) is 4.91. The van der Waals surface area contributed by atoms with Crippen molar-refractivity contribution in [3.8, 4) is 0 Å². The maximum atomic E-state index is 5.35. The van der Waals surface area contributed by atoms with E-state index in [4.69, 9.17) is 5.84 Å². The number of hydrogen-bond donors (Lipinski definition) is 2. The standard InChI is InChI=1S/C10H11N5S/c1-7-9(15-11)13-6-14-10(7)16-8-4-2-3-5-12-8/h2-6H,11H2,1H3,(H,13,14,15). The van der Waals surface area contributed by atoms with Crippen molar-refractivity contribution in [3.05, 3.63) is 36.3 Å². The van der Waals surface area contributed by atoms with Gasteiger partial charge in [-0.2, -0.15) is 0 Å². The van der Waals surface area contributed by atoms with Gasteiger partial charge >= 0.3 is 0 Å². The molecule has 2 aromatic rings. The minimum absolute atomic E-state index is 0.633. The van der Waals surface area contributed by atoms with Crippen molar-refractivity contribution in [1.82, 2.24) is 15.0 Å². The Morgan fingerprint density at radius 3 is 2.81 bits per heavy atom. The summed E-state index contributed by atoms with van der Waals surface area (Å²) >= 11 is 1.49. The van der Waals surface area contributed by atoms with Gasteiger partial charge in [0.25, 0.3) is 0 Å². The van der Waals surface area contributed by atoms with Crippen molar-refractivity contribution in [1.29, 1.82) is 0 Å². The molecule has 0 aliphatic carbocycles. The van der Waals surface area contributed by atoms with Crippen LogP contribution in [0.1, 0.15) is 5.56 Å². The van der Waals surface area contributed by atoms with E-state index in [1.54, 1.807) is 6.20 Å². The summed E-state index contributed by atoms with van der Waals surface area (Å²) in [5.41, 5.74) is 3.45. The summed E-state index contributed by atoms with van der Waals surface area (Å²) in [4.78, 5) is 12.4. The molecular formula is C10H11N5S. The van der Waals surface area contributed by atoms with Gasteiger partial charge in [0.15, 0.2) is 0 Å². The molecule has 3 N–H and O–H groups in total. The number of aromatic nitrogens is 3. The van der Waals surface area contributed by atoms with E-state index in [1.165, 1.54) is 18.1 Å². The van der Waals surface area contributed by atoms with Gasteiger partial charge in [0, 0.05) is 11.8 Å². The number of nitrogens with one attached hydrogen (secondary N) is 1. The zero-order valence-electron chi connectivity index (χ0n) is 8.71. The molecule has 6 heteroatoms. The maximum Gasteiger partial charge on any atom is 0.147 e. The predicted octanol–water partition coefficient (Wildman–Crippen LogP) is 1.62. The van der Waals surface area contributed by atoms with Crippen molar-refractivity contribution in [2.45, 2.75) is 17.0 Å². The third-order valence-electron chi connectivity index (χ3n) is 2.01. The fraction of sp³-hybridized carbons (Fsp3) is 0.100. The second-order valence-electron chi connectivity index (χ2n) is 3.07. The Labute approximate surface area is 97.5 Å². The number of pyridine rings is 1. The molecule has 82 valence electrons. The number of nitrogens with zero attached hydrogens (tertiary/aromatic N) is 3. The van der Waals surface area contributed by atoms with E-state index in [0.717, 1.165) is 15.6 Å². The summed E-state index contributed by atoms with van der Waals surface area (Å²) < 4.78 is 0. The summed E-state index contributed by atoms with van der Waals surface area (Å²) in [5.74, 6) is 5.98. The van der Waals surface area contributed by atoms with Crippen LogP contribution < -0.4 is 11.3 Å². The van der Waals surface area contributed by atoms with Gasteiger partial charge < -0.3 is 5.43 Å². The highest BCUT2D eigenvalue weighted by atomic mass is 32.2. The highest BCUT2D eigenvalue weighted by Crippen LogP contribution is 2.28. The molecule has 0 unspecified atom stereocenters. The summed E-state index contributed by atoms with van der Waals surface area (Å²) in [7, 11) is 0. The molecule has 0 atom stereocenters. The number of nitrogens with two attached hydrogens (primary N) is 1. The Kier molecular flexibility index (Phi) is 3.33. The monoisotopic (exact) mass is 233 g/mol. The zero-order valence-corrected chi connectivity index (χ0v) is 9.53. The Morgan fingerprint density at radius 2 is 2.12 bits per heavy atom. The minimum atomic E-state index is 0.633. The number of hydrogen-bond acceptors (Lipinski definition) is 6. The van der Waals surface area contributed by atoms with Crippen LogP contribution >= 0.6 is 11.8 Å². The van der Waals surface area contributed by atoms with Crippen LogP contribution in [0.2, 0.25) is 0 Å². The van der Waals surface area contributed by atoms with E-state index >= 15 is 0 Å². The van der Waals surface area contributed by atoms with Gasteiger partial charge in [-0.25, -0.2) is 20.8 Å². The summed E-state index contributed by atoms with van der Waals surface area (Å²) in [6.07, 6.45) is 3.23. The van der Waals surface area contributed by atoms with Crippen LogP contribution in [0.25, 0.3) is 0 Å². The van der Waals surface area contributed by atoms with E-state index in [0.29, 0.717) is 5.82 Å². The molecule has 0 aromatic carbocycles. The van der Waals surface area contributed by atoms with E-state index in [2.05, 4.69) is 20.4 Å². The second-order valence-corrected chi connectivity index (χ2v) is 4.08. The molecule has 2 rings (SSSR count). The first-order valence-electron chi connectivity index (χ1n) is 4.68. The van der Waals surface area contributed by atoms with Crippen molar-refractivity contribution in [2.24, 2.45) is 5.84 Å². The van der Waals surface area contributed by atoms with Crippen LogP contribution in [-0.4, -0.2) is 15.0 Å². The quantitative estimate of drug-likeness (QED) is 0.476. The summed E-state index contributed by atoms with van der Waals surface area (Å²) in [6.45, 7) is 1.92. The van der Waals surface area contributed by atoms with E-state index in [-0.39, 0.29) is 0 Å². The summed E-state index contributed by atoms with van der Waals surface area (Å²) in [6, 6.07) is 5.75. The first-order valence-corrected chi connectivity index (χ1v) is 5.50. The van der Waals surface area contributed by atoms with Crippen LogP contribution in [0.3, 0.4) is 0 Å². The Bertz CT molecular complexity index is 474. The lowest BCUT2D eigenvalue weighted by Gasteiger charge is -2.07. The molecule has 16 heavy (non-hydrogen) atoms. The molecule has 0 saturated carbocycles. The van der Waals surface area contributed by atoms with Gasteiger partial charge in [0.2, 0.25) is 0 Å². The normalized spacial score (nSPS) is 10.1. The lowest BCUT2D eigenvalue weighted by atomic mass is 10.3. The molecule has 2 heterocycles. The third-order valence-corrected chi connectivity index (χ3v) is 3.07. The minimum Gasteiger partial charge on any atom is -0.308 e. The zero-order chi connectivity index (χ0) is 11.4. The molecule has 0 aliphatic heterocycles. The van der Waals surface area contributed by atoms with Crippen LogP contribution in [0, 0.1) is 6.92 Å². The molecule has 0 aliphatic rings. The van der Waals surface area contributed by atoms with Crippen LogP contribution in [-0.2, 0) is 0 Å². The van der Waals surface area contributed by atoms with Crippen molar-refractivity contribution < 1.29 is 0 Å². The van der Waals surface area contributed by atoms with Gasteiger partial charge in [-0.3, -0.25) is 0 Å². The molecule has 0 spiro atoms. The molecule has 2 aromatic heterocycles. The first kappa shape index (κ1) is 10.8. The van der Waals surface area contributed by atoms with E-state index in [1.807, 2.05) is 25.1 Å². The average Bonchev–Trinajstić information content (AvgIpc) is 2.33. The topological polar surface area (TPSA) is 76.7 Å². The molecule has 0 saturated heterocycles. The summed E-state index contributed by atoms with van der Waals surface area (Å²) in [5, 5.41) is 1.74. The number of hydrazine groups is 1. The Morgan fingerprint density at radius 1 is 1.25 bits per heavy atom. The molecule has 0 radical (unpaired) electrons. The Hall–Kier alpha value is -1.66. The fourth-order valence-electron chi connectivity index (χ4n) is 1.19. The van der Waals surface area contributed by atoms with Gasteiger partial charge in [-0.1, -0.05) is 6.07 Å². The SMILES string of the molecule is Cc1c(NN)ncnc1Sc1ccccn1. The molecular weight excluding hydrogens is 222 g/mol. The largest absolute Gasteiger partial charge is 0.308 e. The van der Waals surface area contributed by atoms with E-state index < -0.39 is 0 Å². The van der Waals surface area contributed by atoms with Crippen LogP contribution in [0.5, 0.6) is 0 Å². The van der Waals surface area contributed by atoms with Crippen molar-refractivity contribution >= 4 is 17.6 Å². The molecule has 0 bridgehead atoms. The van der Waals surface area contributed by atoms with Gasteiger partial charge in [-0.05, 0) is 30.8 Å². The van der Waals surface area contributed by atoms with Crippen molar-refractivity contribution in [2.75, 3.05) is 5.43 Å². The fourth-order valence-corrected chi connectivity index (χ4v) is 2.00. The van der Waals surface area contributed by atoms with Crippen LogP contribution in [0.4, 0.5) is 5.82 Å². The molecule has 0 fully saturated rings. The third kappa shape index (κ3) is 2.29. The first-order chi connectivity index (χ1) is 7.81. The van der Waals surface area contributed by atoms with Gasteiger partial charge in [-0.15, -0.1) is 0 Å². The molecule has 5 nitrogen and oxygen atoms in total. The van der Waals surface area contributed by atoms with Crippen molar-refractivity contribution in [3.63, 3.8) is 0 Å². The lowest BCUT2D eigenvalue weighted by Crippen LogP contribution is -2.10. The highest BCUT2D eigenvalue weighted by molar-refractivity contribution is 7.99. The highest BCUT2D eigenvalue weighted by Gasteiger charge is 2.07. The number of nitrogen functional groups attached to an aromatic ring is 1. The van der Waals surface area contributed by atoms with Crippen LogP contribution in [0.15, 0.2) is 40.8 Å².